The topological polar surface area (TPSA) is 67.3 Å². The Morgan fingerprint density at radius 1 is 1.24 bits per heavy atom. The van der Waals surface area contributed by atoms with Gasteiger partial charge in [0.25, 0.3) is 0 Å². The van der Waals surface area contributed by atoms with E-state index in [9.17, 15) is 4.79 Å². The van der Waals surface area contributed by atoms with Gasteiger partial charge in [-0.2, -0.15) is 0 Å². The van der Waals surface area contributed by atoms with Gasteiger partial charge < -0.3 is 15.0 Å². The molecule has 25 heavy (non-hydrogen) atoms. The number of likely N-dealkylation sites (tertiary alicyclic amines) is 1. The monoisotopic (exact) mass is 342 g/mol. The summed E-state index contributed by atoms with van der Waals surface area (Å²) in [6.07, 6.45) is 3.50. The van der Waals surface area contributed by atoms with Crippen molar-refractivity contribution >= 4 is 22.9 Å². The maximum absolute atomic E-state index is 12.1. The van der Waals surface area contributed by atoms with E-state index in [0.717, 1.165) is 49.3 Å². The van der Waals surface area contributed by atoms with E-state index in [4.69, 9.17) is 4.74 Å². The third-order valence-electron chi connectivity index (χ3n) is 4.29. The van der Waals surface area contributed by atoms with Gasteiger partial charge in [0.05, 0.1) is 17.2 Å². The number of nitrogens with one attached hydrogen (secondary N) is 1. The second-order valence-electron chi connectivity index (χ2n) is 7.54. The number of hydrogen-bond acceptors (Lipinski definition) is 5. The minimum atomic E-state index is -0.440. The van der Waals surface area contributed by atoms with Crippen molar-refractivity contribution in [2.24, 2.45) is 5.92 Å². The predicted molar refractivity (Wildman–Crippen MR) is 98.6 cm³/mol. The van der Waals surface area contributed by atoms with Crippen molar-refractivity contribution < 1.29 is 9.53 Å². The number of rotatable bonds is 3. The molecule has 134 valence electrons. The molecule has 1 aliphatic heterocycles. The first-order valence-electron chi connectivity index (χ1n) is 8.84. The molecule has 1 aliphatic rings. The number of carbonyl (C=O) groups excluding carboxylic acids is 1. The van der Waals surface area contributed by atoms with Crippen molar-refractivity contribution in [3.63, 3.8) is 0 Å². The van der Waals surface area contributed by atoms with Crippen LogP contribution >= 0.6 is 0 Å². The van der Waals surface area contributed by atoms with Gasteiger partial charge in [-0.05, 0) is 51.7 Å². The van der Waals surface area contributed by atoms with Crippen molar-refractivity contribution in [1.82, 2.24) is 14.9 Å². The highest BCUT2D eigenvalue weighted by atomic mass is 16.6. The van der Waals surface area contributed by atoms with Crippen LogP contribution in [0.5, 0.6) is 0 Å². The summed E-state index contributed by atoms with van der Waals surface area (Å²) in [5.74, 6) is 1.32. The van der Waals surface area contributed by atoms with Crippen LogP contribution in [0.1, 0.15) is 33.6 Å². The molecule has 1 saturated heterocycles. The van der Waals surface area contributed by atoms with E-state index in [1.54, 1.807) is 11.1 Å². The average molecular weight is 342 g/mol. The molecular formula is C19H26N4O2. The maximum atomic E-state index is 12.1. The third kappa shape index (κ3) is 4.81. The molecule has 6 heteroatoms. The van der Waals surface area contributed by atoms with Gasteiger partial charge in [0.15, 0.2) is 0 Å². The van der Waals surface area contributed by atoms with E-state index < -0.39 is 5.60 Å². The minimum Gasteiger partial charge on any atom is -0.444 e. The number of benzene rings is 1. The van der Waals surface area contributed by atoms with Crippen LogP contribution < -0.4 is 5.32 Å². The van der Waals surface area contributed by atoms with Gasteiger partial charge in [0, 0.05) is 19.6 Å². The molecule has 0 atom stereocenters. The highest BCUT2D eigenvalue weighted by molar-refractivity contribution is 5.75. The number of amides is 1. The first kappa shape index (κ1) is 17.5. The van der Waals surface area contributed by atoms with E-state index in [2.05, 4.69) is 15.3 Å². The number of para-hydroxylation sites is 2. The van der Waals surface area contributed by atoms with E-state index in [-0.39, 0.29) is 6.09 Å². The van der Waals surface area contributed by atoms with Gasteiger partial charge in [-0.1, -0.05) is 12.1 Å². The summed E-state index contributed by atoms with van der Waals surface area (Å²) in [5.41, 5.74) is 1.36. The fraction of sp³-hybridized carbons (Fsp3) is 0.526. The Morgan fingerprint density at radius 3 is 2.60 bits per heavy atom. The lowest BCUT2D eigenvalue weighted by atomic mass is 9.97. The normalized spacial score (nSPS) is 16.0. The van der Waals surface area contributed by atoms with Crippen molar-refractivity contribution in [2.45, 2.75) is 39.2 Å². The number of fused-ring (bicyclic) bond motifs is 1. The molecule has 0 radical (unpaired) electrons. The SMILES string of the molecule is CC(C)(C)OC(=O)N1CCC(CNc2cnc3ccccc3n2)CC1. The van der Waals surface area contributed by atoms with Crippen LogP contribution in [0.2, 0.25) is 0 Å². The molecule has 1 N–H and O–H groups in total. The Hall–Kier alpha value is -2.37. The van der Waals surface area contributed by atoms with Gasteiger partial charge in [-0.15, -0.1) is 0 Å². The van der Waals surface area contributed by atoms with Gasteiger partial charge in [0.2, 0.25) is 0 Å². The summed E-state index contributed by atoms with van der Waals surface area (Å²) >= 11 is 0. The molecule has 3 rings (SSSR count). The molecular weight excluding hydrogens is 316 g/mol. The summed E-state index contributed by atoms with van der Waals surface area (Å²) in [5, 5.41) is 3.38. The zero-order valence-corrected chi connectivity index (χ0v) is 15.2. The summed E-state index contributed by atoms with van der Waals surface area (Å²) < 4.78 is 5.44. The van der Waals surface area contributed by atoms with E-state index in [1.807, 2.05) is 45.0 Å². The summed E-state index contributed by atoms with van der Waals surface area (Å²) in [7, 11) is 0. The van der Waals surface area contributed by atoms with Crippen LogP contribution in [0, 0.1) is 5.92 Å². The third-order valence-corrected chi connectivity index (χ3v) is 4.29. The zero-order chi connectivity index (χ0) is 17.9. The first-order valence-corrected chi connectivity index (χ1v) is 8.84. The fourth-order valence-electron chi connectivity index (χ4n) is 2.94. The lowest BCUT2D eigenvalue weighted by Crippen LogP contribution is -2.42. The van der Waals surface area contributed by atoms with Crippen LogP contribution in [-0.4, -0.2) is 46.2 Å². The Kier molecular flexibility index (Phi) is 5.06. The van der Waals surface area contributed by atoms with Gasteiger partial charge in [-0.3, -0.25) is 4.98 Å². The average Bonchev–Trinajstić information content (AvgIpc) is 2.59. The Morgan fingerprint density at radius 2 is 1.92 bits per heavy atom. The van der Waals surface area contributed by atoms with Gasteiger partial charge >= 0.3 is 6.09 Å². The number of carbonyl (C=O) groups is 1. The number of nitrogens with zero attached hydrogens (tertiary/aromatic N) is 3. The van der Waals surface area contributed by atoms with Crippen LogP contribution in [-0.2, 0) is 4.74 Å². The minimum absolute atomic E-state index is 0.209. The van der Waals surface area contributed by atoms with Crippen molar-refractivity contribution in [1.29, 1.82) is 0 Å². The van der Waals surface area contributed by atoms with E-state index in [0.29, 0.717) is 5.92 Å². The van der Waals surface area contributed by atoms with Crippen LogP contribution in [0.15, 0.2) is 30.5 Å². The van der Waals surface area contributed by atoms with E-state index in [1.165, 1.54) is 0 Å². The summed E-state index contributed by atoms with van der Waals surface area (Å²) in [6.45, 7) is 8.01. The molecule has 2 heterocycles. The fourth-order valence-corrected chi connectivity index (χ4v) is 2.94. The Labute approximate surface area is 148 Å². The number of hydrogen-bond donors (Lipinski definition) is 1. The largest absolute Gasteiger partial charge is 0.444 e. The molecule has 0 aliphatic carbocycles. The first-order chi connectivity index (χ1) is 11.9. The molecule has 0 saturated carbocycles. The zero-order valence-electron chi connectivity index (χ0n) is 15.2. The molecule has 6 nitrogen and oxygen atoms in total. The van der Waals surface area contributed by atoms with Crippen LogP contribution in [0.4, 0.5) is 10.6 Å². The lowest BCUT2D eigenvalue weighted by Gasteiger charge is -2.33. The maximum Gasteiger partial charge on any atom is 0.410 e. The predicted octanol–water partition coefficient (Wildman–Crippen LogP) is 3.69. The molecule has 2 aromatic rings. The quantitative estimate of drug-likeness (QED) is 0.921. The lowest BCUT2D eigenvalue weighted by molar-refractivity contribution is 0.0188. The molecule has 1 amide bonds. The second kappa shape index (κ2) is 7.25. The number of anilines is 1. The number of ether oxygens (including phenoxy) is 1. The van der Waals surface area contributed by atoms with Crippen LogP contribution in [0.3, 0.4) is 0 Å². The standard InChI is InChI=1S/C19H26N4O2/c1-19(2,3)25-18(24)23-10-8-14(9-11-23)12-21-17-13-20-15-6-4-5-7-16(15)22-17/h4-7,13-14H,8-12H2,1-3H3,(H,21,22). The van der Waals surface area contributed by atoms with E-state index >= 15 is 0 Å². The highest BCUT2D eigenvalue weighted by Gasteiger charge is 2.26. The summed E-state index contributed by atoms with van der Waals surface area (Å²) in [6, 6.07) is 7.85. The number of piperidine rings is 1. The number of aromatic nitrogens is 2. The smallest absolute Gasteiger partial charge is 0.410 e. The summed E-state index contributed by atoms with van der Waals surface area (Å²) in [4.78, 5) is 22.9. The molecule has 0 spiro atoms. The molecule has 0 unspecified atom stereocenters. The Balaban J connectivity index is 1.48. The Bertz CT molecular complexity index is 734. The molecule has 0 bridgehead atoms. The second-order valence-corrected chi connectivity index (χ2v) is 7.54. The van der Waals surface area contributed by atoms with Crippen molar-refractivity contribution in [3.8, 4) is 0 Å². The molecule has 1 aromatic heterocycles. The van der Waals surface area contributed by atoms with Crippen molar-refractivity contribution in [3.05, 3.63) is 30.5 Å². The van der Waals surface area contributed by atoms with Gasteiger partial charge in [0.1, 0.15) is 11.4 Å². The van der Waals surface area contributed by atoms with Gasteiger partial charge in [-0.25, -0.2) is 9.78 Å². The highest BCUT2D eigenvalue weighted by Crippen LogP contribution is 2.20. The molecule has 1 fully saturated rings. The van der Waals surface area contributed by atoms with Crippen molar-refractivity contribution in [2.75, 3.05) is 25.0 Å². The van der Waals surface area contributed by atoms with Crippen LogP contribution in [0.25, 0.3) is 11.0 Å². The molecule has 1 aromatic carbocycles.